The molecule has 0 saturated heterocycles. The maximum absolute atomic E-state index is 13.1. The van der Waals surface area contributed by atoms with Gasteiger partial charge in [-0.2, -0.15) is 0 Å². The molecule has 1 heterocycles. The highest BCUT2D eigenvalue weighted by atomic mass is 32.2. The number of rotatable bonds is 3. The number of thioether (sulfide) groups is 1. The zero-order valence-corrected chi connectivity index (χ0v) is 18.3. The zero-order chi connectivity index (χ0) is 22.5. The first-order valence-corrected chi connectivity index (χ1v) is 11.6. The van der Waals surface area contributed by atoms with Crippen molar-refractivity contribution in [3.8, 4) is 11.1 Å². The van der Waals surface area contributed by atoms with Gasteiger partial charge >= 0.3 is 0 Å². The summed E-state index contributed by atoms with van der Waals surface area (Å²) in [5.74, 6) is -0.127. The van der Waals surface area contributed by atoms with Crippen LogP contribution in [0.15, 0.2) is 83.8 Å². The van der Waals surface area contributed by atoms with E-state index in [-0.39, 0.29) is 29.9 Å². The molecule has 1 aliphatic carbocycles. The molecule has 0 saturated carbocycles. The first-order valence-electron chi connectivity index (χ1n) is 10.6. The van der Waals surface area contributed by atoms with Crippen molar-refractivity contribution in [3.63, 3.8) is 0 Å². The van der Waals surface area contributed by atoms with E-state index in [9.17, 15) is 14.4 Å². The van der Waals surface area contributed by atoms with Crippen molar-refractivity contribution < 1.29 is 14.4 Å². The average molecular weight is 451 g/mol. The van der Waals surface area contributed by atoms with Crippen molar-refractivity contribution in [2.75, 3.05) is 22.5 Å². The van der Waals surface area contributed by atoms with Gasteiger partial charge in [0.25, 0.3) is 0 Å². The van der Waals surface area contributed by atoms with E-state index in [0.29, 0.717) is 16.9 Å². The standard InChI is InChI=1S/C27H18N2O3S/c30-24-14-29(22-11-4-3-10-21(22)28-24)25(31)15-33-23-13-12-17-16-6-1-2-7-18(16)27(32)20-9-5-8-19(23)26(17)20/h1-13H,14-15H2,(H,28,30). The molecule has 0 spiro atoms. The molecule has 2 amide bonds. The minimum atomic E-state index is -0.203. The molecular weight excluding hydrogens is 432 g/mol. The minimum absolute atomic E-state index is 0.00548. The summed E-state index contributed by atoms with van der Waals surface area (Å²) in [4.78, 5) is 40.8. The van der Waals surface area contributed by atoms with Gasteiger partial charge in [0, 0.05) is 21.4 Å². The fourth-order valence-electron chi connectivity index (χ4n) is 4.65. The summed E-state index contributed by atoms with van der Waals surface area (Å²) in [6.45, 7) is 0.00548. The van der Waals surface area contributed by atoms with Gasteiger partial charge in [-0.3, -0.25) is 14.4 Å². The third kappa shape index (κ3) is 3.14. The van der Waals surface area contributed by atoms with Gasteiger partial charge in [-0.05, 0) is 34.7 Å². The van der Waals surface area contributed by atoms with Crippen molar-refractivity contribution in [3.05, 3.63) is 90.0 Å². The normalized spacial score (nSPS) is 14.0. The Balaban J connectivity index is 1.35. The molecule has 160 valence electrons. The SMILES string of the molecule is O=C1CN(C(=O)CSc2ccc3c4c(cccc24)C(=O)c2ccccc2-3)c2ccccc2N1. The first kappa shape index (κ1) is 19.8. The lowest BCUT2D eigenvalue weighted by molar-refractivity contribution is -0.120. The smallest absolute Gasteiger partial charge is 0.244 e. The molecule has 0 atom stereocenters. The van der Waals surface area contributed by atoms with Crippen LogP contribution >= 0.6 is 11.8 Å². The number of nitrogens with one attached hydrogen (secondary N) is 1. The lowest BCUT2D eigenvalue weighted by Crippen LogP contribution is -2.43. The molecule has 4 aromatic carbocycles. The van der Waals surface area contributed by atoms with Crippen LogP contribution in [0.4, 0.5) is 11.4 Å². The van der Waals surface area contributed by atoms with Crippen LogP contribution < -0.4 is 10.2 Å². The minimum Gasteiger partial charge on any atom is -0.323 e. The number of fused-ring (bicyclic) bond motifs is 3. The Labute approximate surface area is 194 Å². The van der Waals surface area contributed by atoms with E-state index < -0.39 is 0 Å². The van der Waals surface area contributed by atoms with E-state index in [1.165, 1.54) is 16.7 Å². The van der Waals surface area contributed by atoms with Crippen molar-refractivity contribution >= 4 is 51.5 Å². The number of hydrogen-bond donors (Lipinski definition) is 1. The van der Waals surface area contributed by atoms with Gasteiger partial charge in [0.05, 0.1) is 17.1 Å². The van der Waals surface area contributed by atoms with Gasteiger partial charge in [-0.1, -0.05) is 60.7 Å². The van der Waals surface area contributed by atoms with Crippen molar-refractivity contribution in [1.29, 1.82) is 0 Å². The van der Waals surface area contributed by atoms with Gasteiger partial charge in [-0.25, -0.2) is 0 Å². The summed E-state index contributed by atoms with van der Waals surface area (Å²) in [5.41, 5.74) is 4.74. The highest BCUT2D eigenvalue weighted by Gasteiger charge is 2.28. The molecule has 1 N–H and O–H groups in total. The molecule has 6 rings (SSSR count). The van der Waals surface area contributed by atoms with E-state index in [0.717, 1.165) is 32.4 Å². The number of nitrogens with zero attached hydrogens (tertiary/aromatic N) is 1. The first-order chi connectivity index (χ1) is 16.1. The van der Waals surface area contributed by atoms with Crippen molar-refractivity contribution in [2.45, 2.75) is 4.90 Å². The van der Waals surface area contributed by atoms with Crippen LogP contribution in [0.25, 0.3) is 21.9 Å². The second-order valence-corrected chi connectivity index (χ2v) is 9.07. The van der Waals surface area contributed by atoms with Crippen molar-refractivity contribution in [1.82, 2.24) is 0 Å². The lowest BCUT2D eigenvalue weighted by atomic mass is 9.83. The fourth-order valence-corrected chi connectivity index (χ4v) is 5.58. The highest BCUT2D eigenvalue weighted by Crippen LogP contribution is 2.42. The van der Waals surface area contributed by atoms with Gasteiger partial charge in [0.15, 0.2) is 5.78 Å². The van der Waals surface area contributed by atoms with Gasteiger partial charge in [0.2, 0.25) is 11.8 Å². The molecule has 0 bridgehead atoms. The number of ketones is 1. The van der Waals surface area contributed by atoms with Crippen LogP contribution in [0.5, 0.6) is 0 Å². The number of amides is 2. The monoisotopic (exact) mass is 450 g/mol. The predicted octanol–water partition coefficient (Wildman–Crippen LogP) is 5.13. The molecular formula is C27H18N2O3S. The second-order valence-electron chi connectivity index (χ2n) is 8.05. The molecule has 1 aliphatic heterocycles. The van der Waals surface area contributed by atoms with Crippen LogP contribution in [0.1, 0.15) is 15.9 Å². The van der Waals surface area contributed by atoms with Crippen molar-refractivity contribution in [2.24, 2.45) is 0 Å². The maximum atomic E-state index is 13.1. The van der Waals surface area contributed by atoms with Gasteiger partial charge in [-0.15, -0.1) is 11.8 Å². The zero-order valence-electron chi connectivity index (χ0n) is 17.5. The Morgan fingerprint density at radius 3 is 2.45 bits per heavy atom. The number of para-hydroxylation sites is 2. The lowest BCUT2D eigenvalue weighted by Gasteiger charge is -2.29. The molecule has 0 fully saturated rings. The molecule has 0 radical (unpaired) electrons. The largest absolute Gasteiger partial charge is 0.323 e. The third-order valence-corrected chi connectivity index (χ3v) is 7.19. The summed E-state index contributed by atoms with van der Waals surface area (Å²) in [6.07, 6.45) is 0. The maximum Gasteiger partial charge on any atom is 0.244 e. The Bertz CT molecular complexity index is 1490. The summed E-state index contributed by atoms with van der Waals surface area (Å²) in [5, 5.41) is 4.70. The van der Waals surface area contributed by atoms with Crippen LogP contribution in [-0.4, -0.2) is 29.9 Å². The molecule has 33 heavy (non-hydrogen) atoms. The highest BCUT2D eigenvalue weighted by molar-refractivity contribution is 8.00. The number of carbonyl (C=O) groups excluding carboxylic acids is 3. The number of anilines is 2. The summed E-state index contributed by atoms with van der Waals surface area (Å²) < 4.78 is 0. The van der Waals surface area contributed by atoms with E-state index in [1.54, 1.807) is 6.07 Å². The van der Waals surface area contributed by atoms with Gasteiger partial charge < -0.3 is 10.2 Å². The summed E-state index contributed by atoms with van der Waals surface area (Å²) in [6, 6.07) is 24.8. The third-order valence-electron chi connectivity index (χ3n) is 6.13. The molecule has 5 nitrogen and oxygen atoms in total. The van der Waals surface area contributed by atoms with Crippen LogP contribution in [-0.2, 0) is 9.59 Å². The Morgan fingerprint density at radius 2 is 1.58 bits per heavy atom. The second kappa shape index (κ2) is 7.60. The summed E-state index contributed by atoms with van der Waals surface area (Å²) in [7, 11) is 0. The molecule has 6 heteroatoms. The quantitative estimate of drug-likeness (QED) is 0.387. The predicted molar refractivity (Wildman–Crippen MR) is 131 cm³/mol. The molecule has 2 aliphatic rings. The average Bonchev–Trinajstić information content (AvgIpc) is 2.85. The summed E-state index contributed by atoms with van der Waals surface area (Å²) >= 11 is 1.43. The Hall–Kier alpha value is -3.90. The van der Waals surface area contributed by atoms with Crippen LogP contribution in [0, 0.1) is 0 Å². The van der Waals surface area contributed by atoms with E-state index in [1.807, 2.05) is 72.8 Å². The molecule has 0 aromatic heterocycles. The number of carbonyl (C=O) groups is 3. The van der Waals surface area contributed by atoms with Gasteiger partial charge in [0.1, 0.15) is 6.54 Å². The van der Waals surface area contributed by atoms with E-state index >= 15 is 0 Å². The molecule has 0 unspecified atom stereocenters. The Morgan fingerprint density at radius 1 is 0.818 bits per heavy atom. The van der Waals surface area contributed by atoms with Crippen LogP contribution in [0.3, 0.4) is 0 Å². The number of hydrogen-bond acceptors (Lipinski definition) is 4. The fraction of sp³-hybridized carbons (Fsp3) is 0.0741. The molecule has 4 aromatic rings. The van der Waals surface area contributed by atoms with E-state index in [2.05, 4.69) is 5.32 Å². The number of benzene rings is 4. The Kier molecular flexibility index (Phi) is 4.55. The van der Waals surface area contributed by atoms with Crippen LogP contribution in [0.2, 0.25) is 0 Å². The van der Waals surface area contributed by atoms with E-state index in [4.69, 9.17) is 0 Å². The topological polar surface area (TPSA) is 66.5 Å².